The molecule has 0 radical (unpaired) electrons. The summed E-state index contributed by atoms with van der Waals surface area (Å²) < 4.78 is 0. The zero-order chi connectivity index (χ0) is 18.8. The highest BCUT2D eigenvalue weighted by atomic mass is 32.1. The number of amides is 2. The molecular weight excluding hydrogens is 358 g/mol. The summed E-state index contributed by atoms with van der Waals surface area (Å²) in [5.74, 6) is 0.127. The van der Waals surface area contributed by atoms with Gasteiger partial charge in [0.1, 0.15) is 6.04 Å². The maximum atomic E-state index is 12.4. The molecule has 138 valence electrons. The summed E-state index contributed by atoms with van der Waals surface area (Å²) in [5.41, 5.74) is 3.29. The molecule has 0 saturated carbocycles. The van der Waals surface area contributed by atoms with Crippen LogP contribution in [0.3, 0.4) is 0 Å². The number of thiazole rings is 1. The molecule has 0 bridgehead atoms. The highest BCUT2D eigenvalue weighted by Crippen LogP contribution is 2.24. The Hall–Kier alpha value is -2.59. The number of nitrogens with zero attached hydrogens (tertiary/aromatic N) is 4. The number of rotatable bonds is 4. The lowest BCUT2D eigenvalue weighted by Crippen LogP contribution is -2.46. The smallest absolute Gasteiger partial charge is 0.408 e. The average molecular weight is 377 g/mol. The molecule has 0 aliphatic carbocycles. The molecule has 1 unspecified atom stereocenters. The molecule has 1 aliphatic rings. The summed E-state index contributed by atoms with van der Waals surface area (Å²) in [5, 5.41) is 21.6. The monoisotopic (exact) mass is 377 g/mol. The minimum absolute atomic E-state index is 0.0617. The summed E-state index contributed by atoms with van der Waals surface area (Å²) in [6, 6.07) is -1.29. The molecule has 1 aliphatic heterocycles. The van der Waals surface area contributed by atoms with E-state index in [1.807, 2.05) is 6.92 Å². The van der Waals surface area contributed by atoms with Gasteiger partial charge in [-0.3, -0.25) is 9.69 Å². The lowest BCUT2D eigenvalue weighted by molar-refractivity contribution is -0.125. The molecule has 2 amide bonds. The number of aryl methyl sites for hydroxylation is 1. The number of nitrogens with one attached hydrogen (secondary N) is 1. The average Bonchev–Trinajstić information content (AvgIpc) is 3.20. The van der Waals surface area contributed by atoms with Crippen molar-refractivity contribution in [1.82, 2.24) is 25.2 Å². The predicted molar refractivity (Wildman–Crippen MR) is 93.6 cm³/mol. The second-order valence-corrected chi connectivity index (χ2v) is 7.03. The van der Waals surface area contributed by atoms with Gasteiger partial charge in [-0.25, -0.2) is 19.7 Å². The van der Waals surface area contributed by atoms with Crippen molar-refractivity contribution in [2.24, 2.45) is 0 Å². The van der Waals surface area contributed by atoms with Crippen LogP contribution in [0.25, 0.3) is 10.7 Å². The van der Waals surface area contributed by atoms with Crippen LogP contribution in [0.5, 0.6) is 0 Å². The first kappa shape index (κ1) is 18.2. The summed E-state index contributed by atoms with van der Waals surface area (Å²) >= 11 is 1.46. The van der Waals surface area contributed by atoms with Gasteiger partial charge in [-0.2, -0.15) is 0 Å². The van der Waals surface area contributed by atoms with Crippen LogP contribution in [0.4, 0.5) is 4.79 Å². The fourth-order valence-electron chi connectivity index (χ4n) is 2.86. The Labute approximate surface area is 153 Å². The van der Waals surface area contributed by atoms with E-state index in [-0.39, 0.29) is 13.0 Å². The molecule has 1 saturated heterocycles. The highest BCUT2D eigenvalue weighted by molar-refractivity contribution is 7.13. The number of carbonyl (C=O) groups is 2. The van der Waals surface area contributed by atoms with E-state index in [0.717, 1.165) is 15.5 Å². The fourth-order valence-corrected chi connectivity index (χ4v) is 3.61. The fraction of sp³-hybridized carbons (Fsp3) is 0.438. The summed E-state index contributed by atoms with van der Waals surface area (Å²) in [7, 11) is 0. The van der Waals surface area contributed by atoms with Crippen LogP contribution < -0.4 is 5.32 Å². The number of β-amino-alcohol motifs (C(OH)–C–C–N with tert-alkyl or cyclic N) is 1. The van der Waals surface area contributed by atoms with E-state index in [2.05, 4.69) is 20.3 Å². The Morgan fingerprint density at radius 1 is 1.35 bits per heavy atom. The Bertz CT molecular complexity index is 809. The van der Waals surface area contributed by atoms with Crippen LogP contribution >= 0.6 is 11.3 Å². The van der Waals surface area contributed by atoms with E-state index in [1.54, 1.807) is 24.8 Å². The van der Waals surface area contributed by atoms with E-state index in [9.17, 15) is 14.7 Å². The van der Waals surface area contributed by atoms with Crippen molar-refractivity contribution in [3.05, 3.63) is 29.2 Å². The van der Waals surface area contributed by atoms with Crippen molar-refractivity contribution in [2.75, 3.05) is 6.54 Å². The van der Waals surface area contributed by atoms with E-state index in [0.29, 0.717) is 11.4 Å². The van der Waals surface area contributed by atoms with Crippen molar-refractivity contribution in [1.29, 1.82) is 0 Å². The largest absolute Gasteiger partial charge is 0.465 e. The highest BCUT2D eigenvalue weighted by Gasteiger charge is 2.39. The second-order valence-electron chi connectivity index (χ2n) is 6.18. The first-order valence-corrected chi connectivity index (χ1v) is 8.95. The number of carboxylic acid groups (broad SMARTS) is 1. The first-order valence-electron chi connectivity index (χ1n) is 8.07. The van der Waals surface area contributed by atoms with E-state index < -0.39 is 30.2 Å². The van der Waals surface area contributed by atoms with Crippen molar-refractivity contribution < 1.29 is 19.8 Å². The molecular formula is C16H19N5O4S. The molecule has 3 rings (SSSR count). The van der Waals surface area contributed by atoms with Crippen LogP contribution in [0, 0.1) is 6.92 Å². The molecule has 3 heterocycles. The van der Waals surface area contributed by atoms with Crippen LogP contribution in [0.15, 0.2) is 17.9 Å². The summed E-state index contributed by atoms with van der Waals surface area (Å²) in [4.78, 5) is 38.3. The Balaban J connectivity index is 1.68. The summed E-state index contributed by atoms with van der Waals surface area (Å²) in [6.07, 6.45) is 1.30. The van der Waals surface area contributed by atoms with Crippen molar-refractivity contribution in [3.8, 4) is 10.7 Å². The predicted octanol–water partition coefficient (Wildman–Crippen LogP) is 1.20. The first-order chi connectivity index (χ1) is 12.4. The van der Waals surface area contributed by atoms with Crippen LogP contribution in [-0.2, 0) is 4.79 Å². The molecule has 3 atom stereocenters. The Morgan fingerprint density at radius 2 is 2.04 bits per heavy atom. The number of aliphatic hydroxyl groups is 1. The van der Waals surface area contributed by atoms with Crippen molar-refractivity contribution >= 4 is 23.3 Å². The number of carbonyl (C=O) groups excluding carboxylic acids is 1. The van der Waals surface area contributed by atoms with Gasteiger partial charge in [-0.1, -0.05) is 0 Å². The zero-order valence-electron chi connectivity index (χ0n) is 14.3. The molecule has 10 heteroatoms. The molecule has 3 N–H and O–H groups in total. The third kappa shape index (κ3) is 3.65. The number of aromatic nitrogens is 3. The molecule has 2 aromatic heterocycles. The standard InChI is InChI=1S/C16H19N5O4S/c1-8(20-15(23)12-3-11(22)6-21(12)16(24)25)10-4-17-14(18-5-10)13-9(2)19-7-26-13/h4-5,7-8,11-12,22H,3,6H2,1-2H3,(H,20,23)(H,24,25)/t8?,11-,12+/m1/s1. The van der Waals surface area contributed by atoms with Crippen molar-refractivity contribution in [3.63, 3.8) is 0 Å². The van der Waals surface area contributed by atoms with Gasteiger partial charge in [0.05, 0.1) is 34.8 Å². The second kappa shape index (κ2) is 7.34. The van der Waals surface area contributed by atoms with E-state index >= 15 is 0 Å². The van der Waals surface area contributed by atoms with Crippen molar-refractivity contribution in [2.45, 2.75) is 38.5 Å². The number of likely N-dealkylation sites (tertiary alicyclic amines) is 1. The molecule has 1 fully saturated rings. The quantitative estimate of drug-likeness (QED) is 0.730. The van der Waals surface area contributed by atoms with Gasteiger partial charge in [-0.05, 0) is 13.8 Å². The lowest BCUT2D eigenvalue weighted by Gasteiger charge is -2.22. The minimum atomic E-state index is -1.22. The number of hydrogen-bond donors (Lipinski definition) is 3. The maximum absolute atomic E-state index is 12.4. The van der Waals surface area contributed by atoms with Gasteiger partial charge in [0, 0.05) is 24.4 Å². The minimum Gasteiger partial charge on any atom is -0.465 e. The third-order valence-electron chi connectivity index (χ3n) is 4.31. The van der Waals surface area contributed by atoms with Gasteiger partial charge >= 0.3 is 6.09 Å². The SMILES string of the molecule is Cc1ncsc1-c1ncc(C(C)NC(=O)[C@@H]2C[C@@H](O)CN2C(=O)O)cn1. The molecule has 0 aromatic carbocycles. The van der Waals surface area contributed by atoms with Gasteiger partial charge in [0.15, 0.2) is 5.82 Å². The molecule has 2 aromatic rings. The van der Waals surface area contributed by atoms with E-state index in [4.69, 9.17) is 5.11 Å². The molecule has 0 spiro atoms. The Kier molecular flexibility index (Phi) is 5.14. The van der Waals surface area contributed by atoms with Crippen LogP contribution in [0.1, 0.15) is 30.6 Å². The zero-order valence-corrected chi connectivity index (χ0v) is 15.1. The van der Waals surface area contributed by atoms with Crippen LogP contribution in [0.2, 0.25) is 0 Å². The van der Waals surface area contributed by atoms with Gasteiger partial charge < -0.3 is 15.5 Å². The lowest BCUT2D eigenvalue weighted by atomic mass is 10.1. The number of aliphatic hydroxyl groups excluding tert-OH is 1. The van der Waals surface area contributed by atoms with Gasteiger partial charge in [0.2, 0.25) is 5.91 Å². The Morgan fingerprint density at radius 3 is 2.62 bits per heavy atom. The van der Waals surface area contributed by atoms with Crippen LogP contribution in [-0.4, -0.2) is 60.8 Å². The third-order valence-corrected chi connectivity index (χ3v) is 5.23. The topological polar surface area (TPSA) is 129 Å². The maximum Gasteiger partial charge on any atom is 0.408 e. The number of hydrogen-bond acceptors (Lipinski definition) is 7. The molecule has 26 heavy (non-hydrogen) atoms. The molecule has 9 nitrogen and oxygen atoms in total. The normalized spacial score (nSPS) is 20.8. The summed E-state index contributed by atoms with van der Waals surface area (Å²) in [6.45, 7) is 3.59. The van der Waals surface area contributed by atoms with E-state index in [1.165, 1.54) is 11.3 Å². The van der Waals surface area contributed by atoms with Gasteiger partial charge in [0.25, 0.3) is 0 Å². The van der Waals surface area contributed by atoms with Gasteiger partial charge in [-0.15, -0.1) is 11.3 Å².